The quantitative estimate of drug-likeness (QED) is 0.433. The fourth-order valence-corrected chi connectivity index (χ4v) is 3.02. The maximum absolute atomic E-state index is 13.6. The number of allylic oxidation sites excluding steroid dienone is 1. The highest BCUT2D eigenvalue weighted by molar-refractivity contribution is 6.39. The molecule has 7 nitrogen and oxygen atoms in total. The highest BCUT2D eigenvalue weighted by Crippen LogP contribution is 2.33. The van der Waals surface area contributed by atoms with Crippen LogP contribution in [0.4, 0.5) is 14.9 Å². The van der Waals surface area contributed by atoms with Crippen LogP contribution in [0.15, 0.2) is 54.6 Å². The van der Waals surface area contributed by atoms with E-state index in [4.69, 9.17) is 4.74 Å². The standard InChI is InChI=1S/C22H19FN2O5/c1-3-6-14-9-13(11-18(19(14)26)30-4-2)10-17-20(27)24-22(29)25(21(17)28)16-8-5-7-15(23)12-16/h3,5,7-12,26H,1,4,6H2,2H3,(H,24,27,29). The van der Waals surface area contributed by atoms with Gasteiger partial charge in [-0.15, -0.1) is 6.58 Å². The van der Waals surface area contributed by atoms with Gasteiger partial charge in [0.15, 0.2) is 11.5 Å². The Labute approximate surface area is 172 Å². The van der Waals surface area contributed by atoms with Crippen molar-refractivity contribution in [2.24, 2.45) is 0 Å². The second kappa shape index (κ2) is 8.60. The molecule has 0 aromatic heterocycles. The first kappa shape index (κ1) is 20.8. The van der Waals surface area contributed by atoms with Gasteiger partial charge in [-0.1, -0.05) is 12.1 Å². The highest BCUT2D eigenvalue weighted by atomic mass is 19.1. The molecule has 8 heteroatoms. The number of benzene rings is 2. The topological polar surface area (TPSA) is 95.9 Å². The van der Waals surface area contributed by atoms with Crippen molar-refractivity contribution in [3.8, 4) is 11.5 Å². The van der Waals surface area contributed by atoms with Gasteiger partial charge < -0.3 is 9.84 Å². The molecule has 0 spiro atoms. The SMILES string of the molecule is C=CCc1cc(C=C2C(=O)NC(=O)N(c3cccc(F)c3)C2=O)cc(OCC)c1O. The van der Waals surface area contributed by atoms with Crippen molar-refractivity contribution in [1.29, 1.82) is 0 Å². The average Bonchev–Trinajstić information content (AvgIpc) is 2.69. The number of halogens is 1. The number of phenolic OH excluding ortho intramolecular Hbond substituents is 1. The number of nitrogens with one attached hydrogen (secondary N) is 1. The van der Waals surface area contributed by atoms with Gasteiger partial charge in [0.1, 0.15) is 11.4 Å². The van der Waals surface area contributed by atoms with E-state index >= 15 is 0 Å². The lowest BCUT2D eigenvalue weighted by Crippen LogP contribution is -2.54. The summed E-state index contributed by atoms with van der Waals surface area (Å²) in [5, 5.41) is 12.4. The summed E-state index contributed by atoms with van der Waals surface area (Å²) in [6.07, 6.45) is 3.20. The van der Waals surface area contributed by atoms with Crippen LogP contribution in [0.3, 0.4) is 0 Å². The number of ether oxygens (including phenoxy) is 1. The van der Waals surface area contributed by atoms with Crippen molar-refractivity contribution >= 4 is 29.6 Å². The Bertz CT molecular complexity index is 1080. The number of amides is 4. The summed E-state index contributed by atoms with van der Waals surface area (Å²) in [4.78, 5) is 38.1. The predicted octanol–water partition coefficient (Wildman–Crippen LogP) is 3.32. The lowest BCUT2D eigenvalue weighted by Gasteiger charge is -2.26. The Hall–Kier alpha value is -3.94. The second-order valence-corrected chi connectivity index (χ2v) is 6.39. The zero-order chi connectivity index (χ0) is 21.8. The number of carbonyl (C=O) groups is 3. The van der Waals surface area contributed by atoms with Crippen LogP contribution in [-0.2, 0) is 16.0 Å². The number of urea groups is 1. The number of imide groups is 2. The Kier molecular flexibility index (Phi) is 5.96. The first-order valence-corrected chi connectivity index (χ1v) is 9.12. The van der Waals surface area contributed by atoms with Crippen molar-refractivity contribution in [2.75, 3.05) is 11.5 Å². The van der Waals surface area contributed by atoms with Crippen molar-refractivity contribution < 1.29 is 28.6 Å². The van der Waals surface area contributed by atoms with Gasteiger partial charge in [-0.05, 0) is 55.3 Å². The molecule has 0 atom stereocenters. The van der Waals surface area contributed by atoms with Gasteiger partial charge in [-0.25, -0.2) is 14.1 Å². The van der Waals surface area contributed by atoms with Crippen molar-refractivity contribution in [3.05, 3.63) is 71.6 Å². The van der Waals surface area contributed by atoms with Gasteiger partial charge in [-0.2, -0.15) is 0 Å². The van der Waals surface area contributed by atoms with E-state index in [2.05, 4.69) is 11.9 Å². The number of hydrogen-bond donors (Lipinski definition) is 2. The average molecular weight is 410 g/mol. The molecule has 1 aliphatic heterocycles. The van der Waals surface area contributed by atoms with Gasteiger partial charge in [-0.3, -0.25) is 14.9 Å². The summed E-state index contributed by atoms with van der Waals surface area (Å²) in [6, 6.07) is 7.00. The van der Waals surface area contributed by atoms with Crippen LogP contribution in [0.2, 0.25) is 0 Å². The molecule has 30 heavy (non-hydrogen) atoms. The molecule has 1 heterocycles. The van der Waals surface area contributed by atoms with Gasteiger partial charge >= 0.3 is 6.03 Å². The molecule has 0 unspecified atom stereocenters. The largest absolute Gasteiger partial charge is 0.504 e. The van der Waals surface area contributed by atoms with E-state index in [0.29, 0.717) is 29.1 Å². The molecule has 1 fully saturated rings. The Morgan fingerprint density at radius 1 is 1.23 bits per heavy atom. The van der Waals surface area contributed by atoms with Crippen LogP contribution in [0.1, 0.15) is 18.1 Å². The Morgan fingerprint density at radius 2 is 2.00 bits per heavy atom. The fourth-order valence-electron chi connectivity index (χ4n) is 3.02. The number of carbonyl (C=O) groups excluding carboxylic acids is 3. The first-order valence-electron chi connectivity index (χ1n) is 9.12. The van der Waals surface area contributed by atoms with E-state index in [1.54, 1.807) is 19.1 Å². The van der Waals surface area contributed by atoms with Crippen LogP contribution in [0, 0.1) is 5.82 Å². The fraction of sp³-hybridized carbons (Fsp3) is 0.136. The van der Waals surface area contributed by atoms with Crippen LogP contribution < -0.4 is 15.0 Å². The third kappa shape index (κ3) is 4.07. The molecule has 3 rings (SSSR count). The Morgan fingerprint density at radius 3 is 2.67 bits per heavy atom. The van der Waals surface area contributed by atoms with Gasteiger partial charge in [0.2, 0.25) is 0 Å². The lowest BCUT2D eigenvalue weighted by molar-refractivity contribution is -0.122. The molecule has 0 saturated carbocycles. The van der Waals surface area contributed by atoms with Crippen molar-refractivity contribution in [2.45, 2.75) is 13.3 Å². The maximum atomic E-state index is 13.6. The normalized spacial score (nSPS) is 15.3. The zero-order valence-electron chi connectivity index (χ0n) is 16.1. The molecule has 1 aliphatic rings. The molecule has 0 radical (unpaired) electrons. The third-order valence-corrected chi connectivity index (χ3v) is 4.32. The smallest absolute Gasteiger partial charge is 0.335 e. The van der Waals surface area contributed by atoms with E-state index in [1.165, 1.54) is 30.3 Å². The van der Waals surface area contributed by atoms with Gasteiger partial charge in [0, 0.05) is 5.56 Å². The molecule has 2 aromatic carbocycles. The third-order valence-electron chi connectivity index (χ3n) is 4.32. The van der Waals surface area contributed by atoms with E-state index < -0.39 is 23.7 Å². The minimum Gasteiger partial charge on any atom is -0.504 e. The molecule has 0 bridgehead atoms. The molecular formula is C22H19FN2O5. The van der Waals surface area contributed by atoms with E-state index in [-0.39, 0.29) is 22.8 Å². The van der Waals surface area contributed by atoms with Gasteiger partial charge in [0.25, 0.3) is 11.8 Å². The molecule has 154 valence electrons. The minimum absolute atomic E-state index is 0.0102. The number of rotatable bonds is 6. The molecule has 2 aromatic rings. The lowest BCUT2D eigenvalue weighted by atomic mass is 10.0. The summed E-state index contributed by atoms with van der Waals surface area (Å²) in [7, 11) is 0. The summed E-state index contributed by atoms with van der Waals surface area (Å²) in [5.74, 6) is -2.29. The predicted molar refractivity (Wildman–Crippen MR) is 109 cm³/mol. The minimum atomic E-state index is -0.971. The maximum Gasteiger partial charge on any atom is 0.335 e. The number of barbiturate groups is 1. The molecule has 0 aliphatic carbocycles. The number of hydrogen-bond acceptors (Lipinski definition) is 5. The Balaban J connectivity index is 2.07. The monoisotopic (exact) mass is 410 g/mol. The summed E-state index contributed by atoms with van der Waals surface area (Å²) < 4.78 is 19.0. The van der Waals surface area contributed by atoms with E-state index in [1.807, 2.05) is 0 Å². The first-order chi connectivity index (χ1) is 14.3. The summed E-state index contributed by atoms with van der Waals surface area (Å²) >= 11 is 0. The second-order valence-electron chi connectivity index (χ2n) is 6.39. The molecule has 1 saturated heterocycles. The molecule has 4 amide bonds. The number of aromatic hydroxyl groups is 1. The van der Waals surface area contributed by atoms with Crippen LogP contribution in [0.5, 0.6) is 11.5 Å². The van der Waals surface area contributed by atoms with Crippen LogP contribution in [0.25, 0.3) is 6.08 Å². The number of phenols is 1. The van der Waals surface area contributed by atoms with Crippen molar-refractivity contribution in [3.63, 3.8) is 0 Å². The highest BCUT2D eigenvalue weighted by Gasteiger charge is 2.37. The number of anilines is 1. The molecule has 2 N–H and O–H groups in total. The van der Waals surface area contributed by atoms with E-state index in [0.717, 1.165) is 6.07 Å². The summed E-state index contributed by atoms with van der Waals surface area (Å²) in [5.41, 5.74) is 0.560. The number of nitrogens with zero attached hydrogens (tertiary/aromatic N) is 1. The summed E-state index contributed by atoms with van der Waals surface area (Å²) in [6.45, 7) is 5.68. The van der Waals surface area contributed by atoms with E-state index in [9.17, 15) is 23.9 Å². The van der Waals surface area contributed by atoms with Gasteiger partial charge in [0.05, 0.1) is 12.3 Å². The van der Waals surface area contributed by atoms with Crippen LogP contribution >= 0.6 is 0 Å². The zero-order valence-corrected chi connectivity index (χ0v) is 16.1. The van der Waals surface area contributed by atoms with Crippen molar-refractivity contribution in [1.82, 2.24) is 5.32 Å². The van der Waals surface area contributed by atoms with Crippen LogP contribution in [-0.4, -0.2) is 29.6 Å². The molecular weight excluding hydrogens is 391 g/mol.